The van der Waals surface area contributed by atoms with Gasteiger partial charge in [-0.1, -0.05) is 0 Å². The molecule has 9 nitrogen and oxygen atoms in total. The lowest BCUT2D eigenvalue weighted by Crippen LogP contribution is -2.49. The van der Waals surface area contributed by atoms with Crippen LogP contribution in [0.4, 0.5) is 11.4 Å². The molecule has 4 N–H and O–H groups in total. The largest absolute Gasteiger partial charge is 0.394 e. The maximum Gasteiger partial charge on any atom is 0.293 e. The highest BCUT2D eigenvalue weighted by Gasteiger charge is 2.31. The Bertz CT molecular complexity index is 617. The molecule has 10 heteroatoms. The summed E-state index contributed by atoms with van der Waals surface area (Å²) in [5.74, 6) is 0. The number of benzene rings is 1. The van der Waals surface area contributed by atoms with Gasteiger partial charge < -0.3 is 20.6 Å². The highest BCUT2D eigenvalue weighted by atomic mass is 32.2. The lowest BCUT2D eigenvalue weighted by atomic mass is 10.0. The van der Waals surface area contributed by atoms with E-state index in [9.17, 15) is 33.9 Å². The van der Waals surface area contributed by atoms with Crippen molar-refractivity contribution in [2.24, 2.45) is 0 Å². The first-order chi connectivity index (χ1) is 9.69. The van der Waals surface area contributed by atoms with Crippen molar-refractivity contribution in [3.63, 3.8) is 0 Å². The van der Waals surface area contributed by atoms with Crippen LogP contribution in [0.3, 0.4) is 0 Å². The lowest BCUT2D eigenvalue weighted by molar-refractivity contribution is -0.384. The van der Waals surface area contributed by atoms with Crippen molar-refractivity contribution in [2.45, 2.75) is 10.4 Å². The van der Waals surface area contributed by atoms with Gasteiger partial charge in [0.1, 0.15) is 11.2 Å². The van der Waals surface area contributed by atoms with Crippen LogP contribution in [0.1, 0.15) is 0 Å². The van der Waals surface area contributed by atoms with E-state index >= 15 is 0 Å². The Balaban J connectivity index is 3.34. The standard InChI is InChI=1S/C11H16N2O7S/c1-21(19,20)8-2-3-9(10(4-8)13(17)18)12-11(5-14,6-15)7-16/h2-4,12,14-16H,5-7H2,1H3. The summed E-state index contributed by atoms with van der Waals surface area (Å²) in [5, 5.41) is 41.1. The number of anilines is 1. The molecular formula is C11H16N2O7S. The molecule has 1 rings (SSSR count). The molecule has 21 heavy (non-hydrogen) atoms. The molecule has 0 saturated heterocycles. The van der Waals surface area contributed by atoms with Crippen LogP contribution < -0.4 is 5.32 Å². The van der Waals surface area contributed by atoms with Gasteiger partial charge in [-0.3, -0.25) is 10.1 Å². The van der Waals surface area contributed by atoms with Crippen molar-refractivity contribution >= 4 is 21.2 Å². The Hall–Kier alpha value is -1.75. The van der Waals surface area contributed by atoms with E-state index in [0.717, 1.165) is 24.5 Å². The van der Waals surface area contributed by atoms with Gasteiger partial charge in [0.15, 0.2) is 9.84 Å². The fourth-order valence-electron chi connectivity index (χ4n) is 1.55. The monoisotopic (exact) mass is 320 g/mol. The van der Waals surface area contributed by atoms with Gasteiger partial charge in [0.05, 0.1) is 29.6 Å². The van der Waals surface area contributed by atoms with Crippen LogP contribution >= 0.6 is 0 Å². The molecule has 0 atom stereocenters. The predicted octanol–water partition coefficient (Wildman–Crippen LogP) is -0.874. The first-order valence-corrected chi connectivity index (χ1v) is 7.67. The van der Waals surface area contributed by atoms with Crippen molar-refractivity contribution in [3.8, 4) is 0 Å². The molecule has 0 amide bonds. The van der Waals surface area contributed by atoms with Gasteiger partial charge in [0.2, 0.25) is 0 Å². The fraction of sp³-hybridized carbons (Fsp3) is 0.455. The summed E-state index contributed by atoms with van der Waals surface area (Å²) in [6.07, 6.45) is 0.915. The van der Waals surface area contributed by atoms with Crippen LogP contribution in [0, 0.1) is 10.1 Å². The van der Waals surface area contributed by atoms with Crippen LogP contribution in [0.15, 0.2) is 23.1 Å². The Morgan fingerprint density at radius 3 is 2.14 bits per heavy atom. The summed E-state index contributed by atoms with van der Waals surface area (Å²) in [7, 11) is -3.62. The van der Waals surface area contributed by atoms with Gasteiger partial charge in [-0.25, -0.2) is 8.42 Å². The topological polar surface area (TPSA) is 150 Å². The first kappa shape index (κ1) is 17.3. The van der Waals surface area contributed by atoms with Gasteiger partial charge >= 0.3 is 0 Å². The van der Waals surface area contributed by atoms with E-state index in [2.05, 4.69) is 5.32 Å². The number of sulfone groups is 1. The highest BCUT2D eigenvalue weighted by molar-refractivity contribution is 7.90. The van der Waals surface area contributed by atoms with Gasteiger partial charge in [0, 0.05) is 12.3 Å². The molecule has 0 unspecified atom stereocenters. The third kappa shape index (κ3) is 3.88. The molecule has 118 valence electrons. The van der Waals surface area contributed by atoms with Crippen molar-refractivity contribution < 1.29 is 28.7 Å². The zero-order valence-corrected chi connectivity index (χ0v) is 12.0. The summed E-state index contributed by atoms with van der Waals surface area (Å²) >= 11 is 0. The SMILES string of the molecule is CS(=O)(=O)c1ccc(NC(CO)(CO)CO)c([N+](=O)[O-])c1. The molecule has 0 heterocycles. The van der Waals surface area contributed by atoms with Gasteiger partial charge in [-0.05, 0) is 12.1 Å². The zero-order chi connectivity index (χ0) is 16.3. The minimum Gasteiger partial charge on any atom is -0.394 e. The Kier molecular flexibility index (Phi) is 5.23. The number of nitrogens with one attached hydrogen (secondary N) is 1. The Morgan fingerprint density at radius 2 is 1.76 bits per heavy atom. The number of aliphatic hydroxyl groups is 3. The molecule has 0 radical (unpaired) electrons. The number of nitro benzene ring substituents is 1. The normalized spacial score (nSPS) is 12.2. The number of rotatable bonds is 7. The molecule has 0 aliphatic heterocycles. The van der Waals surface area contributed by atoms with Gasteiger partial charge in [-0.15, -0.1) is 0 Å². The summed E-state index contributed by atoms with van der Waals surface area (Å²) in [6, 6.07) is 3.17. The highest BCUT2D eigenvalue weighted by Crippen LogP contribution is 2.29. The van der Waals surface area contributed by atoms with E-state index in [-0.39, 0.29) is 10.6 Å². The second kappa shape index (κ2) is 6.35. The summed E-state index contributed by atoms with van der Waals surface area (Å²) in [5.41, 5.74) is -2.22. The number of hydrogen-bond acceptors (Lipinski definition) is 8. The van der Waals surface area contributed by atoms with Crippen molar-refractivity contribution in [1.29, 1.82) is 0 Å². The number of nitro groups is 1. The van der Waals surface area contributed by atoms with Gasteiger partial charge in [-0.2, -0.15) is 0 Å². The zero-order valence-electron chi connectivity index (χ0n) is 11.2. The maximum absolute atomic E-state index is 11.4. The summed E-state index contributed by atoms with van der Waals surface area (Å²) in [6.45, 7) is -2.03. The van der Waals surface area contributed by atoms with Crippen molar-refractivity contribution in [2.75, 3.05) is 31.4 Å². The molecule has 1 aromatic carbocycles. The quantitative estimate of drug-likeness (QED) is 0.374. The van der Waals surface area contributed by atoms with E-state index in [1.54, 1.807) is 0 Å². The van der Waals surface area contributed by atoms with Gasteiger partial charge in [0.25, 0.3) is 5.69 Å². The van der Waals surface area contributed by atoms with E-state index in [1.807, 2.05) is 0 Å². The fourth-order valence-corrected chi connectivity index (χ4v) is 2.19. The van der Waals surface area contributed by atoms with Crippen molar-refractivity contribution in [3.05, 3.63) is 28.3 Å². The Morgan fingerprint density at radius 1 is 1.24 bits per heavy atom. The van der Waals surface area contributed by atoms with Crippen LogP contribution in [-0.2, 0) is 9.84 Å². The number of nitrogens with zero attached hydrogens (tertiary/aromatic N) is 1. The molecule has 0 aromatic heterocycles. The maximum atomic E-state index is 11.4. The van der Waals surface area contributed by atoms with Crippen LogP contribution in [-0.4, -0.2) is 60.3 Å². The lowest BCUT2D eigenvalue weighted by Gasteiger charge is -2.29. The third-order valence-electron chi connectivity index (χ3n) is 2.90. The molecule has 1 aromatic rings. The van der Waals surface area contributed by atoms with E-state index in [1.165, 1.54) is 0 Å². The summed E-state index contributed by atoms with van der Waals surface area (Å²) in [4.78, 5) is 10.0. The summed E-state index contributed by atoms with van der Waals surface area (Å²) < 4.78 is 22.8. The molecule has 0 spiro atoms. The predicted molar refractivity (Wildman–Crippen MR) is 73.8 cm³/mol. The second-order valence-electron chi connectivity index (χ2n) is 4.59. The third-order valence-corrected chi connectivity index (χ3v) is 4.01. The molecule has 0 fully saturated rings. The number of hydrogen-bond donors (Lipinski definition) is 4. The molecule has 0 bridgehead atoms. The molecular weight excluding hydrogens is 304 g/mol. The average Bonchev–Trinajstić information content (AvgIpc) is 2.43. The minimum atomic E-state index is -3.62. The molecule has 0 aliphatic carbocycles. The molecule has 0 saturated carbocycles. The Labute approximate surface area is 120 Å². The van der Waals surface area contributed by atoms with E-state index in [4.69, 9.17) is 0 Å². The van der Waals surface area contributed by atoms with Crippen molar-refractivity contribution in [1.82, 2.24) is 0 Å². The van der Waals surface area contributed by atoms with E-state index < -0.39 is 45.8 Å². The average molecular weight is 320 g/mol. The second-order valence-corrected chi connectivity index (χ2v) is 6.60. The van der Waals surface area contributed by atoms with Crippen LogP contribution in [0.2, 0.25) is 0 Å². The minimum absolute atomic E-state index is 0.121. The van der Waals surface area contributed by atoms with E-state index in [0.29, 0.717) is 0 Å². The smallest absolute Gasteiger partial charge is 0.293 e. The first-order valence-electron chi connectivity index (χ1n) is 5.78. The molecule has 0 aliphatic rings. The van der Waals surface area contributed by atoms with Crippen LogP contribution in [0.5, 0.6) is 0 Å². The number of aliphatic hydroxyl groups excluding tert-OH is 3. The van der Waals surface area contributed by atoms with Crippen LogP contribution in [0.25, 0.3) is 0 Å².